The third-order valence-electron chi connectivity index (χ3n) is 5.42. The normalized spacial score (nSPS) is 14.1. The molecule has 2 unspecified atom stereocenters. The monoisotopic (exact) mass is 364 g/mol. The molecule has 2 heteroatoms. The zero-order valence-electron chi connectivity index (χ0n) is 17.3. The van der Waals surface area contributed by atoms with E-state index in [-0.39, 0.29) is 0 Å². The summed E-state index contributed by atoms with van der Waals surface area (Å²) in [6, 6.07) is 3.43. The van der Waals surface area contributed by atoms with Gasteiger partial charge in [-0.05, 0) is 62.5 Å². The Hall–Kier alpha value is -1.18. The van der Waals surface area contributed by atoms with Crippen LogP contribution in [0, 0.1) is 30.4 Å². The van der Waals surface area contributed by atoms with E-state index in [4.69, 9.17) is 0 Å². The summed E-state index contributed by atoms with van der Waals surface area (Å²) in [5.74, 6) is 0.104. The van der Waals surface area contributed by atoms with E-state index in [1.807, 2.05) is 0 Å². The van der Waals surface area contributed by atoms with E-state index in [9.17, 15) is 8.78 Å². The number of aryl methyl sites for hydroxylation is 2. The first kappa shape index (κ1) is 22.9. The Morgan fingerprint density at radius 2 is 1.58 bits per heavy atom. The van der Waals surface area contributed by atoms with Crippen LogP contribution in [0.4, 0.5) is 8.78 Å². The lowest BCUT2D eigenvalue weighted by molar-refractivity contribution is 0.372. The summed E-state index contributed by atoms with van der Waals surface area (Å²) in [5.41, 5.74) is 0.914. The first-order chi connectivity index (χ1) is 12.5. The SMILES string of the molecule is CC=CC(CCC)CCCC(CCC)CCCc1ccc(C)c(F)c1F. The highest BCUT2D eigenvalue weighted by Gasteiger charge is 2.13. The largest absolute Gasteiger partial charge is 0.203 e. The van der Waals surface area contributed by atoms with Crippen molar-refractivity contribution in [2.75, 3.05) is 0 Å². The van der Waals surface area contributed by atoms with Crippen molar-refractivity contribution in [1.82, 2.24) is 0 Å². The van der Waals surface area contributed by atoms with Crippen molar-refractivity contribution < 1.29 is 8.78 Å². The summed E-state index contributed by atoms with van der Waals surface area (Å²) >= 11 is 0. The zero-order valence-corrected chi connectivity index (χ0v) is 17.3. The Bertz CT molecular complexity index is 533. The minimum absolute atomic E-state index is 0.387. The second-order valence-corrected chi connectivity index (χ2v) is 7.72. The van der Waals surface area contributed by atoms with E-state index >= 15 is 0 Å². The van der Waals surface area contributed by atoms with Crippen LogP contribution < -0.4 is 0 Å². The number of hydrogen-bond donors (Lipinski definition) is 0. The number of rotatable bonds is 13. The van der Waals surface area contributed by atoms with Crippen molar-refractivity contribution >= 4 is 0 Å². The summed E-state index contributed by atoms with van der Waals surface area (Å²) in [6.07, 6.45) is 16.0. The lowest BCUT2D eigenvalue weighted by atomic mass is 9.88. The Labute approximate surface area is 160 Å². The quantitative estimate of drug-likeness (QED) is 0.310. The fourth-order valence-electron chi connectivity index (χ4n) is 3.95. The van der Waals surface area contributed by atoms with E-state index in [0.717, 1.165) is 18.8 Å². The van der Waals surface area contributed by atoms with Gasteiger partial charge in [-0.25, -0.2) is 8.78 Å². The Balaban J connectivity index is 2.44. The maximum atomic E-state index is 14.0. The van der Waals surface area contributed by atoms with Crippen molar-refractivity contribution in [3.63, 3.8) is 0 Å². The second-order valence-electron chi connectivity index (χ2n) is 7.72. The van der Waals surface area contributed by atoms with Crippen LogP contribution in [0.15, 0.2) is 24.3 Å². The lowest BCUT2D eigenvalue weighted by Crippen LogP contribution is -2.05. The van der Waals surface area contributed by atoms with Gasteiger partial charge in [0.05, 0.1) is 0 Å². The van der Waals surface area contributed by atoms with Gasteiger partial charge in [-0.1, -0.05) is 76.7 Å². The molecule has 1 rings (SSSR count). The van der Waals surface area contributed by atoms with Gasteiger partial charge in [-0.3, -0.25) is 0 Å². The van der Waals surface area contributed by atoms with E-state index in [1.165, 1.54) is 44.9 Å². The third kappa shape index (κ3) is 8.01. The van der Waals surface area contributed by atoms with Gasteiger partial charge in [-0.15, -0.1) is 0 Å². The van der Waals surface area contributed by atoms with Gasteiger partial charge in [0.2, 0.25) is 0 Å². The van der Waals surface area contributed by atoms with Gasteiger partial charge in [0, 0.05) is 0 Å². The summed E-state index contributed by atoms with van der Waals surface area (Å²) in [7, 11) is 0. The lowest BCUT2D eigenvalue weighted by Gasteiger charge is -2.18. The fraction of sp³-hybridized carbons (Fsp3) is 0.667. The van der Waals surface area contributed by atoms with Gasteiger partial charge in [-0.2, -0.15) is 0 Å². The van der Waals surface area contributed by atoms with Crippen LogP contribution in [0.3, 0.4) is 0 Å². The molecule has 0 fully saturated rings. The van der Waals surface area contributed by atoms with Gasteiger partial charge >= 0.3 is 0 Å². The molecule has 0 aliphatic rings. The molecule has 0 saturated carbocycles. The van der Waals surface area contributed by atoms with Crippen molar-refractivity contribution in [3.05, 3.63) is 47.0 Å². The Kier molecular flexibility index (Phi) is 11.5. The average Bonchev–Trinajstić information content (AvgIpc) is 2.62. The standard InChI is InChI=1S/C24H38F2/c1-5-10-20(11-6-2)13-8-14-21(12-7-3)15-9-16-22-18-17-19(4)23(25)24(22)26/h5,10,17-18,20-21H,6-9,11-16H2,1-4H3. The number of halogens is 2. The molecule has 0 heterocycles. The highest BCUT2D eigenvalue weighted by atomic mass is 19.2. The van der Waals surface area contributed by atoms with Crippen LogP contribution in [-0.2, 0) is 6.42 Å². The molecule has 0 bridgehead atoms. The summed E-state index contributed by atoms with van der Waals surface area (Å²) < 4.78 is 27.7. The van der Waals surface area contributed by atoms with Crippen LogP contribution in [0.5, 0.6) is 0 Å². The molecule has 1 aromatic rings. The van der Waals surface area contributed by atoms with Crippen molar-refractivity contribution in [3.8, 4) is 0 Å². The molecule has 0 aliphatic heterocycles. The minimum atomic E-state index is -0.682. The van der Waals surface area contributed by atoms with E-state index < -0.39 is 11.6 Å². The van der Waals surface area contributed by atoms with Crippen LogP contribution >= 0.6 is 0 Å². The molecule has 0 spiro atoms. The molecule has 2 atom stereocenters. The van der Waals surface area contributed by atoms with Crippen LogP contribution in [-0.4, -0.2) is 0 Å². The molecule has 0 aliphatic carbocycles. The van der Waals surface area contributed by atoms with Gasteiger partial charge in [0.1, 0.15) is 0 Å². The molecule has 0 N–H and O–H groups in total. The van der Waals surface area contributed by atoms with Crippen LogP contribution in [0.2, 0.25) is 0 Å². The molecule has 0 saturated heterocycles. The van der Waals surface area contributed by atoms with Crippen molar-refractivity contribution in [2.45, 2.75) is 91.9 Å². The zero-order chi connectivity index (χ0) is 19.4. The number of benzene rings is 1. The highest BCUT2D eigenvalue weighted by Crippen LogP contribution is 2.25. The fourth-order valence-corrected chi connectivity index (χ4v) is 3.95. The molecule has 0 radical (unpaired) electrons. The summed E-state index contributed by atoms with van der Waals surface area (Å²) in [5, 5.41) is 0. The second kappa shape index (κ2) is 13.1. The van der Waals surface area contributed by atoms with Crippen molar-refractivity contribution in [2.24, 2.45) is 11.8 Å². The molecule has 0 aromatic heterocycles. The Morgan fingerprint density at radius 3 is 2.23 bits per heavy atom. The van der Waals surface area contributed by atoms with Gasteiger partial charge in [0.15, 0.2) is 11.6 Å². The van der Waals surface area contributed by atoms with E-state index in [2.05, 4.69) is 32.9 Å². The van der Waals surface area contributed by atoms with Crippen molar-refractivity contribution in [1.29, 1.82) is 0 Å². The van der Waals surface area contributed by atoms with Crippen LogP contribution in [0.25, 0.3) is 0 Å². The molecular weight excluding hydrogens is 326 g/mol. The van der Waals surface area contributed by atoms with E-state index in [1.54, 1.807) is 19.1 Å². The predicted octanol–water partition coefficient (Wildman–Crippen LogP) is 8.17. The number of hydrogen-bond acceptors (Lipinski definition) is 0. The Morgan fingerprint density at radius 1 is 0.885 bits per heavy atom. The summed E-state index contributed by atoms with van der Waals surface area (Å²) in [6.45, 7) is 8.21. The summed E-state index contributed by atoms with van der Waals surface area (Å²) in [4.78, 5) is 0. The topological polar surface area (TPSA) is 0 Å². The van der Waals surface area contributed by atoms with Gasteiger partial charge in [0.25, 0.3) is 0 Å². The molecule has 26 heavy (non-hydrogen) atoms. The highest BCUT2D eigenvalue weighted by molar-refractivity contribution is 5.25. The number of allylic oxidation sites excluding steroid dienone is 2. The molecule has 1 aromatic carbocycles. The molecule has 0 amide bonds. The minimum Gasteiger partial charge on any atom is -0.203 e. The maximum absolute atomic E-state index is 14.0. The molecule has 0 nitrogen and oxygen atoms in total. The average molecular weight is 365 g/mol. The maximum Gasteiger partial charge on any atom is 0.162 e. The molecular formula is C24H38F2. The first-order valence-corrected chi connectivity index (χ1v) is 10.6. The first-order valence-electron chi connectivity index (χ1n) is 10.6. The van der Waals surface area contributed by atoms with Crippen LogP contribution in [0.1, 0.15) is 89.7 Å². The molecule has 148 valence electrons. The van der Waals surface area contributed by atoms with Gasteiger partial charge < -0.3 is 0 Å². The predicted molar refractivity (Wildman–Crippen MR) is 109 cm³/mol. The van der Waals surface area contributed by atoms with E-state index in [0.29, 0.717) is 23.5 Å². The smallest absolute Gasteiger partial charge is 0.162 e. The third-order valence-corrected chi connectivity index (χ3v) is 5.42.